The molecule has 1 fully saturated rings. The summed E-state index contributed by atoms with van der Waals surface area (Å²) in [5, 5.41) is 0. The first kappa shape index (κ1) is 14.9. The zero-order valence-corrected chi connectivity index (χ0v) is 12.5. The van der Waals surface area contributed by atoms with E-state index in [0.29, 0.717) is 5.91 Å². The highest BCUT2D eigenvalue weighted by Crippen LogP contribution is 2.21. The van der Waals surface area contributed by atoms with Crippen molar-refractivity contribution in [3.63, 3.8) is 0 Å². The van der Waals surface area contributed by atoms with Gasteiger partial charge in [-0.1, -0.05) is 25.5 Å². The number of nitrogen functional groups attached to an aromatic ring is 1. The minimum atomic E-state index is 0.346. The van der Waals surface area contributed by atoms with Crippen LogP contribution in [-0.4, -0.2) is 23.9 Å². The second-order valence-corrected chi connectivity index (χ2v) is 5.83. The van der Waals surface area contributed by atoms with E-state index >= 15 is 0 Å². The third-order valence-electron chi connectivity index (χ3n) is 4.38. The summed E-state index contributed by atoms with van der Waals surface area (Å²) in [6.07, 6.45) is 6.23. The zero-order valence-electron chi connectivity index (χ0n) is 12.5. The van der Waals surface area contributed by atoms with Gasteiger partial charge in [0.2, 0.25) is 5.91 Å². The smallest absolute Gasteiger partial charge is 0.222 e. The van der Waals surface area contributed by atoms with Gasteiger partial charge in [-0.25, -0.2) is 0 Å². The lowest BCUT2D eigenvalue weighted by molar-refractivity contribution is -0.130. The van der Waals surface area contributed by atoms with Gasteiger partial charge in [-0.3, -0.25) is 4.79 Å². The highest BCUT2D eigenvalue weighted by Gasteiger charge is 2.20. The standard InChI is InChI=1S/C17H26N2O/c1-2-14-7-10-17(20)19(13-11-14)12-3-4-15-5-8-16(18)9-6-15/h5-6,8-9,14H,2-4,7,10-13,18H2,1H3. The molecule has 0 radical (unpaired) electrons. The third-order valence-corrected chi connectivity index (χ3v) is 4.38. The molecule has 1 heterocycles. The lowest BCUT2D eigenvalue weighted by Crippen LogP contribution is -2.31. The summed E-state index contributed by atoms with van der Waals surface area (Å²) in [5.41, 5.74) is 7.79. The van der Waals surface area contributed by atoms with Crippen molar-refractivity contribution in [3.8, 4) is 0 Å². The van der Waals surface area contributed by atoms with Gasteiger partial charge >= 0.3 is 0 Å². The molecule has 1 atom stereocenters. The molecule has 0 aliphatic carbocycles. The van der Waals surface area contributed by atoms with E-state index in [0.717, 1.165) is 50.4 Å². The maximum atomic E-state index is 12.1. The van der Waals surface area contributed by atoms with Crippen molar-refractivity contribution in [3.05, 3.63) is 29.8 Å². The number of carbonyl (C=O) groups is 1. The molecule has 1 aromatic carbocycles. The highest BCUT2D eigenvalue weighted by atomic mass is 16.2. The Bertz CT molecular complexity index is 427. The van der Waals surface area contributed by atoms with E-state index in [-0.39, 0.29) is 0 Å². The molecule has 1 unspecified atom stereocenters. The van der Waals surface area contributed by atoms with Crippen LogP contribution in [0.2, 0.25) is 0 Å². The van der Waals surface area contributed by atoms with Crippen LogP contribution in [-0.2, 0) is 11.2 Å². The van der Waals surface area contributed by atoms with E-state index in [4.69, 9.17) is 5.73 Å². The molecule has 1 amide bonds. The molecule has 2 rings (SSSR count). The second kappa shape index (κ2) is 7.32. The molecule has 1 aromatic rings. The van der Waals surface area contributed by atoms with Gasteiger partial charge in [0, 0.05) is 25.2 Å². The summed E-state index contributed by atoms with van der Waals surface area (Å²) < 4.78 is 0. The summed E-state index contributed by atoms with van der Waals surface area (Å²) in [6, 6.07) is 8.04. The average molecular weight is 274 g/mol. The van der Waals surface area contributed by atoms with E-state index in [1.165, 1.54) is 18.4 Å². The summed E-state index contributed by atoms with van der Waals surface area (Å²) in [5.74, 6) is 1.08. The number of likely N-dealkylation sites (tertiary alicyclic amines) is 1. The van der Waals surface area contributed by atoms with Gasteiger partial charge in [0.15, 0.2) is 0 Å². The van der Waals surface area contributed by atoms with Crippen LogP contribution in [0.3, 0.4) is 0 Å². The Balaban J connectivity index is 1.78. The van der Waals surface area contributed by atoms with Crippen LogP contribution in [0, 0.1) is 5.92 Å². The quantitative estimate of drug-likeness (QED) is 0.838. The van der Waals surface area contributed by atoms with Crippen molar-refractivity contribution in [1.29, 1.82) is 0 Å². The SMILES string of the molecule is CCC1CCC(=O)N(CCCc2ccc(N)cc2)CC1. The molecule has 0 spiro atoms. The van der Waals surface area contributed by atoms with Crippen LogP contribution in [0.15, 0.2) is 24.3 Å². The lowest BCUT2D eigenvalue weighted by Gasteiger charge is -2.20. The summed E-state index contributed by atoms with van der Waals surface area (Å²) in [6.45, 7) is 4.06. The van der Waals surface area contributed by atoms with Crippen molar-refractivity contribution < 1.29 is 4.79 Å². The van der Waals surface area contributed by atoms with Crippen LogP contribution in [0.5, 0.6) is 0 Å². The van der Waals surface area contributed by atoms with E-state index < -0.39 is 0 Å². The molecule has 110 valence electrons. The van der Waals surface area contributed by atoms with E-state index in [2.05, 4.69) is 24.0 Å². The van der Waals surface area contributed by atoms with Crippen LogP contribution >= 0.6 is 0 Å². The molecule has 3 nitrogen and oxygen atoms in total. The Morgan fingerprint density at radius 3 is 2.70 bits per heavy atom. The van der Waals surface area contributed by atoms with Gasteiger partial charge in [0.1, 0.15) is 0 Å². The first-order valence-electron chi connectivity index (χ1n) is 7.81. The zero-order chi connectivity index (χ0) is 14.4. The van der Waals surface area contributed by atoms with Crippen LogP contribution < -0.4 is 5.73 Å². The van der Waals surface area contributed by atoms with Gasteiger partial charge in [-0.05, 0) is 49.3 Å². The Morgan fingerprint density at radius 1 is 1.25 bits per heavy atom. The van der Waals surface area contributed by atoms with E-state index in [9.17, 15) is 4.79 Å². The number of nitrogens with zero attached hydrogens (tertiary/aromatic N) is 1. The van der Waals surface area contributed by atoms with Gasteiger partial charge in [-0.2, -0.15) is 0 Å². The van der Waals surface area contributed by atoms with Crippen LogP contribution in [0.1, 0.15) is 44.6 Å². The number of rotatable bonds is 5. The Hall–Kier alpha value is -1.51. The molecule has 3 heteroatoms. The van der Waals surface area contributed by atoms with Gasteiger partial charge < -0.3 is 10.6 Å². The van der Waals surface area contributed by atoms with Crippen LogP contribution in [0.4, 0.5) is 5.69 Å². The number of anilines is 1. The number of hydrogen-bond acceptors (Lipinski definition) is 2. The van der Waals surface area contributed by atoms with Gasteiger partial charge in [-0.15, -0.1) is 0 Å². The monoisotopic (exact) mass is 274 g/mol. The molecule has 1 aliphatic rings. The number of benzene rings is 1. The van der Waals surface area contributed by atoms with Gasteiger partial charge in [0.05, 0.1) is 0 Å². The maximum absolute atomic E-state index is 12.1. The third kappa shape index (κ3) is 4.26. The average Bonchev–Trinajstić information content (AvgIpc) is 2.64. The normalized spacial score (nSPS) is 19.9. The minimum absolute atomic E-state index is 0.346. The number of nitrogens with two attached hydrogens (primary N) is 1. The lowest BCUT2D eigenvalue weighted by atomic mass is 9.98. The van der Waals surface area contributed by atoms with Crippen molar-refractivity contribution in [2.24, 2.45) is 5.92 Å². The Kier molecular flexibility index (Phi) is 5.45. The predicted octanol–water partition coefficient (Wildman–Crippen LogP) is 3.24. The summed E-state index contributed by atoms with van der Waals surface area (Å²) in [4.78, 5) is 14.1. The molecule has 20 heavy (non-hydrogen) atoms. The van der Waals surface area contributed by atoms with E-state index in [1.807, 2.05) is 12.1 Å². The van der Waals surface area contributed by atoms with Crippen molar-refractivity contribution in [2.45, 2.75) is 45.4 Å². The second-order valence-electron chi connectivity index (χ2n) is 5.83. The molecule has 0 saturated carbocycles. The molecule has 2 N–H and O–H groups in total. The fraction of sp³-hybridized carbons (Fsp3) is 0.588. The minimum Gasteiger partial charge on any atom is -0.399 e. The first-order chi connectivity index (χ1) is 9.69. The Labute approximate surface area is 122 Å². The largest absolute Gasteiger partial charge is 0.399 e. The van der Waals surface area contributed by atoms with Crippen molar-refractivity contribution in [1.82, 2.24) is 4.90 Å². The molecule has 1 saturated heterocycles. The summed E-state index contributed by atoms with van der Waals surface area (Å²) >= 11 is 0. The highest BCUT2D eigenvalue weighted by molar-refractivity contribution is 5.76. The number of hydrogen-bond donors (Lipinski definition) is 1. The first-order valence-corrected chi connectivity index (χ1v) is 7.81. The number of carbonyl (C=O) groups excluding carboxylic acids is 1. The predicted molar refractivity (Wildman–Crippen MR) is 83.4 cm³/mol. The molecule has 0 bridgehead atoms. The fourth-order valence-corrected chi connectivity index (χ4v) is 2.90. The number of amides is 1. The number of aryl methyl sites for hydroxylation is 1. The van der Waals surface area contributed by atoms with Crippen molar-refractivity contribution in [2.75, 3.05) is 18.8 Å². The maximum Gasteiger partial charge on any atom is 0.222 e. The van der Waals surface area contributed by atoms with Crippen molar-refractivity contribution >= 4 is 11.6 Å². The van der Waals surface area contributed by atoms with Crippen LogP contribution in [0.25, 0.3) is 0 Å². The molecule has 0 aromatic heterocycles. The molecule has 1 aliphatic heterocycles. The fourth-order valence-electron chi connectivity index (χ4n) is 2.90. The Morgan fingerprint density at radius 2 is 2.00 bits per heavy atom. The van der Waals surface area contributed by atoms with Gasteiger partial charge in [0.25, 0.3) is 0 Å². The molecular formula is C17H26N2O. The summed E-state index contributed by atoms with van der Waals surface area (Å²) in [7, 11) is 0. The van der Waals surface area contributed by atoms with E-state index in [1.54, 1.807) is 0 Å². The molecular weight excluding hydrogens is 248 g/mol. The topological polar surface area (TPSA) is 46.3 Å².